The van der Waals surface area contributed by atoms with Crippen LogP contribution in [0.25, 0.3) is 0 Å². The molecule has 0 aliphatic heterocycles. The number of rotatable bonds is 9. The summed E-state index contributed by atoms with van der Waals surface area (Å²) >= 11 is 6.53. The van der Waals surface area contributed by atoms with E-state index in [1.54, 1.807) is 23.9 Å². The van der Waals surface area contributed by atoms with Crippen LogP contribution in [-0.4, -0.2) is 26.4 Å². The van der Waals surface area contributed by atoms with Gasteiger partial charge in [-0.25, -0.2) is 4.39 Å². The molecule has 0 aliphatic rings. The topological polar surface area (TPSA) is 59.8 Å². The summed E-state index contributed by atoms with van der Waals surface area (Å²) in [6.07, 6.45) is 0. The van der Waals surface area contributed by atoms with Crippen molar-refractivity contribution in [3.8, 4) is 0 Å². The Balaban J connectivity index is 1.51. The van der Waals surface area contributed by atoms with Gasteiger partial charge in [-0.2, -0.15) is 0 Å². The maximum Gasteiger partial charge on any atom is 0.234 e. The second kappa shape index (κ2) is 11.2. The van der Waals surface area contributed by atoms with Crippen LogP contribution in [-0.2, 0) is 23.3 Å². The van der Waals surface area contributed by atoms with Crippen LogP contribution in [0.3, 0.4) is 0 Å². The van der Waals surface area contributed by atoms with Gasteiger partial charge in [0.25, 0.3) is 0 Å². The molecular formula is C22H24BrFN4OS2. The van der Waals surface area contributed by atoms with Crippen LogP contribution >= 0.6 is 39.5 Å². The number of carbonyl (C=O) groups is 1. The van der Waals surface area contributed by atoms with E-state index < -0.39 is 0 Å². The van der Waals surface area contributed by atoms with Crippen molar-refractivity contribution in [3.63, 3.8) is 0 Å². The van der Waals surface area contributed by atoms with Crippen molar-refractivity contribution in [2.75, 3.05) is 11.1 Å². The Morgan fingerprint density at radius 1 is 1.16 bits per heavy atom. The molecule has 31 heavy (non-hydrogen) atoms. The minimum absolute atomic E-state index is 0.0792. The fourth-order valence-electron chi connectivity index (χ4n) is 2.88. The summed E-state index contributed by atoms with van der Waals surface area (Å²) in [5, 5.41) is 12.2. The molecule has 0 fully saturated rings. The van der Waals surface area contributed by atoms with Crippen LogP contribution in [0, 0.1) is 5.82 Å². The first kappa shape index (κ1) is 23.8. The maximum absolute atomic E-state index is 13.0. The Morgan fingerprint density at radius 3 is 2.61 bits per heavy atom. The van der Waals surface area contributed by atoms with Gasteiger partial charge in [0.1, 0.15) is 11.6 Å². The van der Waals surface area contributed by atoms with Gasteiger partial charge in [0.15, 0.2) is 5.16 Å². The van der Waals surface area contributed by atoms with Crippen molar-refractivity contribution in [2.45, 2.75) is 36.4 Å². The minimum Gasteiger partial charge on any atom is -0.325 e. The first-order chi connectivity index (χ1) is 14.8. The van der Waals surface area contributed by atoms with Gasteiger partial charge in [-0.15, -0.1) is 22.0 Å². The predicted octanol–water partition coefficient (Wildman–Crippen LogP) is 6.00. The fraction of sp³-hybridized carbons (Fsp3) is 0.318. The number of carbonyl (C=O) groups excluding carboxylic acids is 1. The Labute approximate surface area is 198 Å². The average Bonchev–Trinajstić information content (AvgIpc) is 3.08. The first-order valence-corrected chi connectivity index (χ1v) is 12.7. The van der Waals surface area contributed by atoms with Crippen LogP contribution in [0.15, 0.2) is 52.1 Å². The molecular weight excluding hydrogens is 499 g/mol. The van der Waals surface area contributed by atoms with Crippen molar-refractivity contribution >= 4 is 51.0 Å². The number of thioether (sulfide) groups is 2. The molecule has 0 saturated heterocycles. The van der Waals surface area contributed by atoms with Gasteiger partial charge in [0.05, 0.1) is 11.5 Å². The Morgan fingerprint density at radius 2 is 1.90 bits per heavy atom. The van der Waals surface area contributed by atoms with Gasteiger partial charge >= 0.3 is 0 Å². The molecule has 0 aliphatic carbocycles. The summed E-state index contributed by atoms with van der Waals surface area (Å²) in [6.45, 7) is 4.20. The number of amides is 1. The number of hydrogen-bond acceptors (Lipinski definition) is 5. The lowest BCUT2D eigenvalue weighted by atomic mass is 10.0. The molecule has 0 unspecified atom stereocenters. The molecule has 1 N–H and O–H groups in total. The highest BCUT2D eigenvalue weighted by Gasteiger charge is 2.14. The molecule has 2 aromatic carbocycles. The Kier molecular flexibility index (Phi) is 8.57. The Hall–Kier alpha value is -1.84. The molecule has 5 nitrogen and oxygen atoms in total. The van der Waals surface area contributed by atoms with E-state index in [9.17, 15) is 9.18 Å². The number of halogens is 2. The fourth-order valence-corrected chi connectivity index (χ4v) is 4.95. The molecule has 1 amide bonds. The third-order valence-electron chi connectivity index (χ3n) is 4.58. The highest BCUT2D eigenvalue weighted by molar-refractivity contribution is 9.10. The highest BCUT2D eigenvalue weighted by atomic mass is 79.9. The summed E-state index contributed by atoms with van der Waals surface area (Å²) < 4.78 is 15.9. The molecule has 0 radical (unpaired) electrons. The standard InChI is InChI=1S/C22H24BrFN4OS2/c1-14(2)18-10-16(23)6-9-19(18)25-21(29)13-31-22-27-26-20(28(22)3)12-30-11-15-4-7-17(24)8-5-15/h4-10,14H,11-13H2,1-3H3,(H,25,29). The van der Waals surface area contributed by atoms with E-state index in [1.165, 1.54) is 23.9 Å². The van der Waals surface area contributed by atoms with Gasteiger partial charge in [0.2, 0.25) is 5.91 Å². The van der Waals surface area contributed by atoms with Crippen molar-refractivity contribution in [1.29, 1.82) is 0 Å². The largest absolute Gasteiger partial charge is 0.325 e. The van der Waals surface area contributed by atoms with Gasteiger partial charge in [-0.05, 0) is 47.4 Å². The molecule has 0 bridgehead atoms. The SMILES string of the molecule is CC(C)c1cc(Br)ccc1NC(=O)CSc1nnc(CSCc2ccc(F)cc2)n1C. The lowest BCUT2D eigenvalue weighted by Gasteiger charge is -2.14. The average molecular weight is 523 g/mol. The molecule has 1 aromatic heterocycles. The maximum atomic E-state index is 13.0. The van der Waals surface area contributed by atoms with Crippen molar-refractivity contribution < 1.29 is 9.18 Å². The van der Waals surface area contributed by atoms with Crippen LogP contribution < -0.4 is 5.32 Å². The molecule has 3 rings (SSSR count). The van der Waals surface area contributed by atoms with E-state index in [-0.39, 0.29) is 17.5 Å². The van der Waals surface area contributed by atoms with Crippen LogP contribution in [0.2, 0.25) is 0 Å². The second-order valence-electron chi connectivity index (χ2n) is 7.30. The molecule has 0 spiro atoms. The number of aromatic nitrogens is 3. The zero-order valence-corrected chi connectivity index (χ0v) is 20.8. The summed E-state index contributed by atoms with van der Waals surface area (Å²) in [7, 11) is 1.90. The molecule has 9 heteroatoms. The third-order valence-corrected chi connectivity index (χ3v) is 7.09. The first-order valence-electron chi connectivity index (χ1n) is 9.76. The van der Waals surface area contributed by atoms with Gasteiger partial charge in [0, 0.05) is 23.0 Å². The quantitative estimate of drug-likeness (QED) is 0.349. The van der Waals surface area contributed by atoms with Crippen LogP contribution in [0.1, 0.15) is 36.7 Å². The smallest absolute Gasteiger partial charge is 0.234 e. The summed E-state index contributed by atoms with van der Waals surface area (Å²) in [5.41, 5.74) is 2.99. The molecule has 164 valence electrons. The van der Waals surface area contributed by atoms with Crippen molar-refractivity contribution in [3.05, 3.63) is 69.7 Å². The summed E-state index contributed by atoms with van der Waals surface area (Å²) in [5.74, 6) is 2.53. The normalized spacial score (nSPS) is 11.2. The number of benzene rings is 2. The van der Waals surface area contributed by atoms with E-state index in [0.717, 1.165) is 32.9 Å². The number of anilines is 1. The number of hydrogen-bond donors (Lipinski definition) is 1. The van der Waals surface area contributed by atoms with Crippen LogP contribution in [0.4, 0.5) is 10.1 Å². The van der Waals surface area contributed by atoms with Gasteiger partial charge in [-0.1, -0.05) is 53.7 Å². The van der Waals surface area contributed by atoms with Crippen LogP contribution in [0.5, 0.6) is 0 Å². The van der Waals surface area contributed by atoms with E-state index in [2.05, 4.69) is 45.3 Å². The van der Waals surface area contributed by atoms with E-state index >= 15 is 0 Å². The number of nitrogens with zero attached hydrogens (tertiary/aromatic N) is 3. The van der Waals surface area contributed by atoms with E-state index in [4.69, 9.17) is 0 Å². The van der Waals surface area contributed by atoms with Crippen molar-refractivity contribution in [1.82, 2.24) is 14.8 Å². The molecule has 0 saturated carbocycles. The number of nitrogens with one attached hydrogen (secondary N) is 1. The van der Waals surface area contributed by atoms with Crippen molar-refractivity contribution in [2.24, 2.45) is 7.05 Å². The zero-order valence-electron chi connectivity index (χ0n) is 17.6. The highest BCUT2D eigenvalue weighted by Crippen LogP contribution is 2.28. The molecule has 0 atom stereocenters. The lowest BCUT2D eigenvalue weighted by Crippen LogP contribution is -2.16. The Bertz CT molecular complexity index is 1040. The van der Waals surface area contributed by atoms with Gasteiger partial charge < -0.3 is 9.88 Å². The molecule has 3 aromatic rings. The van der Waals surface area contributed by atoms with E-state index in [1.807, 2.05) is 29.8 Å². The lowest BCUT2D eigenvalue weighted by molar-refractivity contribution is -0.113. The summed E-state index contributed by atoms with van der Waals surface area (Å²) in [4.78, 5) is 12.5. The van der Waals surface area contributed by atoms with Gasteiger partial charge in [-0.3, -0.25) is 4.79 Å². The second-order valence-corrected chi connectivity index (χ2v) is 10.1. The minimum atomic E-state index is -0.228. The third kappa shape index (κ3) is 6.82. The monoisotopic (exact) mass is 522 g/mol. The predicted molar refractivity (Wildman–Crippen MR) is 130 cm³/mol. The molecule has 1 heterocycles. The zero-order chi connectivity index (χ0) is 22.4. The summed E-state index contributed by atoms with van der Waals surface area (Å²) in [6, 6.07) is 12.4. The van der Waals surface area contributed by atoms with E-state index in [0.29, 0.717) is 16.8 Å².